The Morgan fingerprint density at radius 3 is 2.71 bits per heavy atom. The highest BCUT2D eigenvalue weighted by atomic mass is 16.5. The van der Waals surface area contributed by atoms with Crippen molar-refractivity contribution in [3.8, 4) is 11.8 Å². The summed E-state index contributed by atoms with van der Waals surface area (Å²) in [6, 6.07) is 16.0. The molecule has 6 nitrogen and oxygen atoms in total. The highest BCUT2D eigenvalue weighted by Gasteiger charge is 2.35. The Morgan fingerprint density at radius 2 is 2.00 bits per heavy atom. The van der Waals surface area contributed by atoms with Gasteiger partial charge in [0, 0.05) is 23.9 Å². The van der Waals surface area contributed by atoms with Gasteiger partial charge >= 0.3 is 0 Å². The van der Waals surface area contributed by atoms with Crippen LogP contribution in [0.1, 0.15) is 25.3 Å². The van der Waals surface area contributed by atoms with Gasteiger partial charge < -0.3 is 15.0 Å². The molecule has 1 aliphatic rings. The van der Waals surface area contributed by atoms with Crippen molar-refractivity contribution in [3.63, 3.8) is 0 Å². The van der Waals surface area contributed by atoms with Gasteiger partial charge in [-0.25, -0.2) is 0 Å². The lowest BCUT2D eigenvalue weighted by Crippen LogP contribution is -2.28. The van der Waals surface area contributed by atoms with Crippen LogP contribution in [0.5, 0.6) is 5.75 Å². The molecule has 142 valence electrons. The van der Waals surface area contributed by atoms with Crippen LogP contribution in [0.2, 0.25) is 0 Å². The van der Waals surface area contributed by atoms with Gasteiger partial charge in [0.05, 0.1) is 18.4 Å². The van der Waals surface area contributed by atoms with Gasteiger partial charge in [-0.05, 0) is 24.6 Å². The van der Waals surface area contributed by atoms with Crippen LogP contribution in [0.15, 0.2) is 54.1 Å². The Bertz CT molecular complexity index is 989. The normalized spacial score (nSPS) is 14.3. The van der Waals surface area contributed by atoms with E-state index < -0.39 is 5.91 Å². The molecule has 2 aromatic carbocycles. The molecule has 28 heavy (non-hydrogen) atoms. The molecule has 0 spiro atoms. The van der Waals surface area contributed by atoms with Crippen LogP contribution in [0.3, 0.4) is 0 Å². The maximum absolute atomic E-state index is 13.0. The summed E-state index contributed by atoms with van der Waals surface area (Å²) in [5, 5.41) is 12.4. The van der Waals surface area contributed by atoms with Crippen molar-refractivity contribution >= 4 is 28.8 Å². The number of para-hydroxylation sites is 1. The van der Waals surface area contributed by atoms with Crippen LogP contribution < -0.4 is 15.0 Å². The zero-order valence-electron chi connectivity index (χ0n) is 15.9. The fourth-order valence-corrected chi connectivity index (χ4v) is 3.17. The lowest BCUT2D eigenvalue weighted by atomic mass is 10.0. The highest BCUT2D eigenvalue weighted by Crippen LogP contribution is 2.38. The highest BCUT2D eigenvalue weighted by molar-refractivity contribution is 6.37. The number of unbranched alkanes of at least 4 members (excludes halogenated alkanes) is 1. The molecule has 0 unspecified atom stereocenters. The Hall–Kier alpha value is -3.59. The number of fused-ring (bicyclic) bond motifs is 1. The quantitative estimate of drug-likeness (QED) is 0.616. The number of carbonyl (C=O) groups is 2. The lowest BCUT2D eigenvalue weighted by molar-refractivity contribution is -0.114. The van der Waals surface area contributed by atoms with Crippen LogP contribution in [0, 0.1) is 11.3 Å². The second-order valence-corrected chi connectivity index (χ2v) is 6.38. The molecular formula is C22H21N3O3. The molecule has 2 aromatic rings. The first-order chi connectivity index (χ1) is 13.6. The number of nitriles is 1. The van der Waals surface area contributed by atoms with Gasteiger partial charge in [-0.15, -0.1) is 0 Å². The largest absolute Gasteiger partial charge is 0.497 e. The molecule has 0 radical (unpaired) electrons. The van der Waals surface area contributed by atoms with Gasteiger partial charge in [-0.1, -0.05) is 37.6 Å². The van der Waals surface area contributed by atoms with Crippen molar-refractivity contribution in [2.45, 2.75) is 19.8 Å². The van der Waals surface area contributed by atoms with Crippen molar-refractivity contribution in [1.82, 2.24) is 0 Å². The summed E-state index contributed by atoms with van der Waals surface area (Å²) in [7, 11) is 1.53. The third kappa shape index (κ3) is 3.60. The first kappa shape index (κ1) is 19.2. The summed E-state index contributed by atoms with van der Waals surface area (Å²) >= 11 is 0. The molecule has 1 N–H and O–H groups in total. The number of anilines is 2. The molecule has 0 fully saturated rings. The second kappa shape index (κ2) is 8.40. The number of hydrogen-bond donors (Lipinski definition) is 1. The van der Waals surface area contributed by atoms with E-state index in [1.54, 1.807) is 41.3 Å². The van der Waals surface area contributed by atoms with E-state index in [2.05, 4.69) is 5.32 Å². The smallest absolute Gasteiger partial charge is 0.267 e. The zero-order chi connectivity index (χ0) is 20.1. The topological polar surface area (TPSA) is 82.4 Å². The van der Waals surface area contributed by atoms with Crippen LogP contribution in [-0.4, -0.2) is 25.5 Å². The third-order valence-electron chi connectivity index (χ3n) is 4.57. The van der Waals surface area contributed by atoms with E-state index in [9.17, 15) is 14.9 Å². The van der Waals surface area contributed by atoms with E-state index in [1.807, 2.05) is 25.1 Å². The molecule has 6 heteroatoms. The predicted octanol–water partition coefficient (Wildman–Crippen LogP) is 3.76. The van der Waals surface area contributed by atoms with Crippen LogP contribution in [0.25, 0.3) is 5.57 Å². The van der Waals surface area contributed by atoms with Crippen molar-refractivity contribution in [1.29, 1.82) is 5.26 Å². The number of nitrogens with zero attached hydrogens (tertiary/aromatic N) is 2. The van der Waals surface area contributed by atoms with Crippen molar-refractivity contribution < 1.29 is 14.3 Å². The minimum Gasteiger partial charge on any atom is -0.497 e. The van der Waals surface area contributed by atoms with E-state index in [4.69, 9.17) is 4.74 Å². The first-order valence-electron chi connectivity index (χ1n) is 9.11. The number of carbonyl (C=O) groups excluding carboxylic acids is 2. The number of amides is 2. The molecule has 2 amide bonds. The maximum atomic E-state index is 13.0. The zero-order valence-corrected chi connectivity index (χ0v) is 15.9. The molecule has 0 bridgehead atoms. The average Bonchev–Trinajstić information content (AvgIpc) is 2.99. The molecule has 1 aliphatic heterocycles. The number of benzene rings is 2. The molecule has 0 aliphatic carbocycles. The van der Waals surface area contributed by atoms with E-state index >= 15 is 0 Å². The minimum absolute atomic E-state index is 0.148. The molecule has 0 aromatic heterocycles. The molecule has 1 heterocycles. The molecule has 0 saturated heterocycles. The van der Waals surface area contributed by atoms with Crippen LogP contribution >= 0.6 is 0 Å². The average molecular weight is 375 g/mol. The Kier molecular flexibility index (Phi) is 5.75. The summed E-state index contributed by atoms with van der Waals surface area (Å²) in [6.45, 7) is 2.59. The molecular weight excluding hydrogens is 354 g/mol. The van der Waals surface area contributed by atoms with E-state index in [0.29, 0.717) is 23.5 Å². The summed E-state index contributed by atoms with van der Waals surface area (Å²) in [4.78, 5) is 27.5. The van der Waals surface area contributed by atoms with Gasteiger partial charge in [-0.3, -0.25) is 9.59 Å². The van der Waals surface area contributed by atoms with E-state index in [0.717, 1.165) is 18.5 Å². The van der Waals surface area contributed by atoms with Crippen LogP contribution in [0.4, 0.5) is 11.4 Å². The summed E-state index contributed by atoms with van der Waals surface area (Å²) in [6.07, 6.45) is 1.78. The van der Waals surface area contributed by atoms with Gasteiger partial charge in [0.2, 0.25) is 0 Å². The summed E-state index contributed by atoms with van der Waals surface area (Å²) < 4.78 is 5.15. The number of nitrogens with one attached hydrogen (secondary N) is 1. The predicted molar refractivity (Wildman–Crippen MR) is 108 cm³/mol. The van der Waals surface area contributed by atoms with Gasteiger partial charge in [0.1, 0.15) is 17.4 Å². The van der Waals surface area contributed by atoms with E-state index in [-0.39, 0.29) is 17.1 Å². The minimum atomic E-state index is -0.619. The first-order valence-corrected chi connectivity index (χ1v) is 9.11. The van der Waals surface area contributed by atoms with Crippen molar-refractivity contribution in [2.24, 2.45) is 0 Å². The number of rotatable bonds is 6. The van der Waals surface area contributed by atoms with Gasteiger partial charge in [0.15, 0.2) is 0 Å². The monoisotopic (exact) mass is 375 g/mol. The number of hydrogen-bond acceptors (Lipinski definition) is 4. The summed E-state index contributed by atoms with van der Waals surface area (Å²) in [5.74, 6) is -0.352. The Morgan fingerprint density at radius 1 is 1.21 bits per heavy atom. The van der Waals surface area contributed by atoms with Crippen LogP contribution in [-0.2, 0) is 9.59 Å². The molecule has 0 atom stereocenters. The number of methoxy groups -OCH3 is 1. The Labute approximate surface area is 164 Å². The Balaban J connectivity index is 2.00. The number of ether oxygens (including phenoxy) is 1. The van der Waals surface area contributed by atoms with Gasteiger partial charge in [-0.2, -0.15) is 5.26 Å². The van der Waals surface area contributed by atoms with E-state index in [1.165, 1.54) is 7.11 Å². The molecule has 0 saturated carbocycles. The van der Waals surface area contributed by atoms with Gasteiger partial charge in [0.25, 0.3) is 11.8 Å². The standard InChI is InChI=1S/C22H21N3O3/c1-3-4-12-25-19-11-6-5-10-17(19)20(22(25)27)18(14-23)21(26)24-15-8-7-9-16(13-15)28-2/h5-11,13H,3-4,12H2,1-2H3,(H,24,26). The lowest BCUT2D eigenvalue weighted by Gasteiger charge is -2.16. The van der Waals surface area contributed by atoms with Crippen molar-refractivity contribution in [2.75, 3.05) is 23.9 Å². The fraction of sp³-hybridized carbons (Fsp3) is 0.227. The summed E-state index contributed by atoms with van der Waals surface area (Å²) in [5.41, 5.74) is 1.78. The molecule has 3 rings (SSSR count). The second-order valence-electron chi connectivity index (χ2n) is 6.38. The fourth-order valence-electron chi connectivity index (χ4n) is 3.17. The third-order valence-corrected chi connectivity index (χ3v) is 4.57. The SMILES string of the molecule is CCCCN1C(=O)C(=C(C#N)C(=O)Nc2cccc(OC)c2)c2ccccc21. The maximum Gasteiger partial charge on any atom is 0.267 e. The van der Waals surface area contributed by atoms with Crippen molar-refractivity contribution in [3.05, 3.63) is 59.7 Å².